The average molecular weight is 220 g/mol. The van der Waals surface area contributed by atoms with Crippen molar-refractivity contribution in [3.63, 3.8) is 0 Å². The van der Waals surface area contributed by atoms with E-state index in [1.165, 1.54) is 0 Å². The van der Waals surface area contributed by atoms with E-state index in [4.69, 9.17) is 16.3 Å². The molecule has 1 aliphatic heterocycles. The first kappa shape index (κ1) is 11.8. The molecule has 0 spiro atoms. The number of ether oxygens (including phenoxy) is 1. The van der Waals surface area contributed by atoms with Gasteiger partial charge in [0.15, 0.2) is 0 Å². The lowest BCUT2D eigenvalue weighted by atomic mass is 9.99. The van der Waals surface area contributed by atoms with Crippen molar-refractivity contribution in [2.24, 2.45) is 5.92 Å². The summed E-state index contributed by atoms with van der Waals surface area (Å²) in [5.41, 5.74) is 0. The predicted molar refractivity (Wildman–Crippen MR) is 56.5 cm³/mol. The number of nitrogens with zero attached hydrogens (tertiary/aromatic N) is 1. The molecule has 0 aliphatic carbocycles. The fraction of sp³-hybridized carbons (Fsp3) is 0.900. The van der Waals surface area contributed by atoms with Gasteiger partial charge in [-0.1, -0.05) is 0 Å². The fourth-order valence-electron chi connectivity index (χ4n) is 1.80. The summed E-state index contributed by atoms with van der Waals surface area (Å²) >= 11 is 5.51. The highest BCUT2D eigenvalue weighted by Crippen LogP contribution is 2.16. The number of piperidine rings is 1. The van der Waals surface area contributed by atoms with Gasteiger partial charge in [0.05, 0.1) is 6.61 Å². The molecule has 3 nitrogen and oxygen atoms in total. The second kappa shape index (κ2) is 6.25. The summed E-state index contributed by atoms with van der Waals surface area (Å²) < 4.78 is 5.36. The molecule has 14 heavy (non-hydrogen) atoms. The van der Waals surface area contributed by atoms with Gasteiger partial charge in [0.25, 0.3) is 0 Å². The molecular weight excluding hydrogens is 202 g/mol. The van der Waals surface area contributed by atoms with Crippen LogP contribution in [-0.2, 0) is 9.53 Å². The van der Waals surface area contributed by atoms with Gasteiger partial charge < -0.3 is 9.64 Å². The number of rotatable bonds is 4. The van der Waals surface area contributed by atoms with Crippen LogP contribution in [0.4, 0.5) is 0 Å². The van der Waals surface area contributed by atoms with Crippen LogP contribution in [0.15, 0.2) is 0 Å². The van der Waals surface area contributed by atoms with Gasteiger partial charge in [-0.25, -0.2) is 0 Å². The maximum atomic E-state index is 11.3. The zero-order chi connectivity index (χ0) is 10.4. The number of halogens is 1. The molecule has 1 saturated heterocycles. The van der Waals surface area contributed by atoms with Gasteiger partial charge in [-0.2, -0.15) is 0 Å². The molecule has 0 aromatic rings. The summed E-state index contributed by atoms with van der Waals surface area (Å²) in [6, 6.07) is 0. The first-order valence-electron chi connectivity index (χ1n) is 5.19. The largest absolute Gasteiger partial charge is 0.381 e. The van der Waals surface area contributed by atoms with Crippen molar-refractivity contribution >= 4 is 17.5 Å². The Hall–Kier alpha value is -0.280. The van der Waals surface area contributed by atoms with Crippen LogP contribution in [0.5, 0.6) is 0 Å². The molecule has 0 N–H and O–H groups in total. The molecule has 1 aliphatic rings. The number of hydrogen-bond acceptors (Lipinski definition) is 2. The van der Waals surface area contributed by atoms with E-state index < -0.39 is 0 Å². The summed E-state index contributed by atoms with van der Waals surface area (Å²) in [4.78, 5) is 13.2. The molecular formula is C10H18ClNO2. The molecule has 82 valence electrons. The molecule has 1 amide bonds. The quantitative estimate of drug-likeness (QED) is 0.671. The highest BCUT2D eigenvalue weighted by atomic mass is 35.5. The van der Waals surface area contributed by atoms with Crippen molar-refractivity contribution in [1.29, 1.82) is 0 Å². The van der Waals surface area contributed by atoms with Crippen LogP contribution in [0.1, 0.15) is 19.8 Å². The zero-order valence-electron chi connectivity index (χ0n) is 8.67. The smallest absolute Gasteiger partial charge is 0.237 e. The topological polar surface area (TPSA) is 29.5 Å². The summed E-state index contributed by atoms with van der Waals surface area (Å²) in [5.74, 6) is 0.644. The van der Waals surface area contributed by atoms with Crippen molar-refractivity contribution in [2.75, 3.05) is 32.2 Å². The average Bonchev–Trinajstić information content (AvgIpc) is 2.25. The maximum Gasteiger partial charge on any atom is 0.237 e. The normalized spacial score (nSPS) is 22.4. The van der Waals surface area contributed by atoms with Gasteiger partial charge in [-0.3, -0.25) is 4.79 Å². The monoisotopic (exact) mass is 219 g/mol. The Morgan fingerprint density at radius 2 is 2.43 bits per heavy atom. The molecule has 0 saturated carbocycles. The number of hydrogen-bond donors (Lipinski definition) is 0. The molecule has 1 fully saturated rings. The van der Waals surface area contributed by atoms with E-state index in [2.05, 4.69) is 0 Å². The van der Waals surface area contributed by atoms with E-state index in [-0.39, 0.29) is 11.8 Å². The van der Waals surface area contributed by atoms with Gasteiger partial charge in [-0.05, 0) is 25.7 Å². The van der Waals surface area contributed by atoms with Gasteiger partial charge >= 0.3 is 0 Å². The molecule has 0 radical (unpaired) electrons. The second-order valence-electron chi connectivity index (χ2n) is 3.64. The summed E-state index contributed by atoms with van der Waals surface area (Å²) in [6.45, 7) is 5.17. The van der Waals surface area contributed by atoms with Crippen LogP contribution in [0.25, 0.3) is 0 Å². The molecule has 4 heteroatoms. The fourth-order valence-corrected chi connectivity index (χ4v) is 1.97. The molecule has 0 aromatic heterocycles. The van der Waals surface area contributed by atoms with Crippen molar-refractivity contribution in [2.45, 2.75) is 19.8 Å². The summed E-state index contributed by atoms with van der Waals surface area (Å²) in [7, 11) is 0. The van der Waals surface area contributed by atoms with Gasteiger partial charge in [0.1, 0.15) is 5.88 Å². The Bertz CT molecular complexity index is 187. The standard InChI is InChI=1S/C10H18ClNO2/c1-2-14-8-9-4-3-5-12(7-9)10(13)6-11/h9H,2-8H2,1H3. The lowest BCUT2D eigenvalue weighted by Crippen LogP contribution is -2.41. The van der Waals surface area contributed by atoms with Crippen LogP contribution in [0.2, 0.25) is 0 Å². The highest BCUT2D eigenvalue weighted by Gasteiger charge is 2.22. The number of likely N-dealkylation sites (tertiary alicyclic amines) is 1. The third-order valence-electron chi connectivity index (χ3n) is 2.54. The SMILES string of the molecule is CCOCC1CCCN(C(=O)CCl)C1. The Morgan fingerprint density at radius 3 is 3.07 bits per heavy atom. The van der Waals surface area contributed by atoms with Gasteiger partial charge in [0, 0.05) is 19.7 Å². The molecule has 1 rings (SSSR count). The Balaban J connectivity index is 2.31. The number of alkyl halides is 1. The lowest BCUT2D eigenvalue weighted by Gasteiger charge is -2.32. The van der Waals surface area contributed by atoms with Gasteiger partial charge in [0.2, 0.25) is 5.91 Å². The van der Waals surface area contributed by atoms with Crippen LogP contribution < -0.4 is 0 Å². The predicted octanol–water partition coefficient (Wildman–Crippen LogP) is 1.50. The number of carbonyl (C=O) groups excluding carboxylic acids is 1. The van der Waals surface area contributed by atoms with E-state index in [1.54, 1.807) is 0 Å². The van der Waals surface area contributed by atoms with E-state index >= 15 is 0 Å². The van der Waals surface area contributed by atoms with Crippen LogP contribution >= 0.6 is 11.6 Å². The zero-order valence-corrected chi connectivity index (χ0v) is 9.42. The molecule has 1 heterocycles. The molecule has 1 atom stereocenters. The minimum absolute atomic E-state index is 0.0489. The van der Waals surface area contributed by atoms with E-state index in [0.29, 0.717) is 5.92 Å². The van der Waals surface area contributed by atoms with Crippen LogP contribution in [0.3, 0.4) is 0 Å². The Labute approximate surface area is 90.4 Å². The molecule has 0 aromatic carbocycles. The number of carbonyl (C=O) groups is 1. The molecule has 1 unspecified atom stereocenters. The van der Waals surface area contributed by atoms with E-state index in [1.807, 2.05) is 11.8 Å². The third-order valence-corrected chi connectivity index (χ3v) is 2.77. The van der Waals surface area contributed by atoms with Gasteiger partial charge in [-0.15, -0.1) is 11.6 Å². The first-order chi connectivity index (χ1) is 6.77. The second-order valence-corrected chi connectivity index (χ2v) is 3.91. The maximum absolute atomic E-state index is 11.3. The first-order valence-corrected chi connectivity index (χ1v) is 5.72. The van der Waals surface area contributed by atoms with Crippen LogP contribution in [-0.4, -0.2) is 43.0 Å². The van der Waals surface area contributed by atoms with Crippen molar-refractivity contribution in [1.82, 2.24) is 4.90 Å². The minimum Gasteiger partial charge on any atom is -0.381 e. The van der Waals surface area contributed by atoms with Crippen LogP contribution in [0, 0.1) is 5.92 Å². The van der Waals surface area contributed by atoms with Crippen molar-refractivity contribution < 1.29 is 9.53 Å². The summed E-state index contributed by atoms with van der Waals surface area (Å²) in [5, 5.41) is 0. The Kier molecular flexibility index (Phi) is 5.26. The van der Waals surface area contributed by atoms with Crippen molar-refractivity contribution in [3.8, 4) is 0 Å². The van der Waals surface area contributed by atoms with E-state index in [9.17, 15) is 4.79 Å². The van der Waals surface area contributed by atoms with Crippen molar-refractivity contribution in [3.05, 3.63) is 0 Å². The Morgan fingerprint density at radius 1 is 1.64 bits per heavy atom. The molecule has 0 bridgehead atoms. The lowest BCUT2D eigenvalue weighted by molar-refractivity contribution is -0.130. The minimum atomic E-state index is 0.0489. The number of amides is 1. The summed E-state index contributed by atoms with van der Waals surface area (Å²) in [6.07, 6.45) is 2.23. The van der Waals surface area contributed by atoms with E-state index in [0.717, 1.165) is 39.1 Å². The third kappa shape index (κ3) is 3.46. The highest BCUT2D eigenvalue weighted by molar-refractivity contribution is 6.27.